The van der Waals surface area contributed by atoms with Gasteiger partial charge in [-0.25, -0.2) is 5.43 Å². The molecule has 2 aromatic carbocycles. The van der Waals surface area contributed by atoms with Crippen molar-refractivity contribution in [1.29, 1.82) is 0 Å². The Balaban J connectivity index is 2.01. The van der Waals surface area contributed by atoms with Crippen LogP contribution in [0.4, 0.5) is 0 Å². The average Bonchev–Trinajstić information content (AvgIpc) is 2.52. The average molecular weight is 507 g/mol. The van der Waals surface area contributed by atoms with E-state index in [9.17, 15) is 15.0 Å². The molecule has 0 saturated carbocycles. The summed E-state index contributed by atoms with van der Waals surface area (Å²) in [6.45, 7) is 0. The number of nitrogens with one attached hydrogen (secondary N) is 1. The van der Waals surface area contributed by atoms with Crippen LogP contribution in [0, 0.1) is 0 Å². The van der Waals surface area contributed by atoms with Crippen molar-refractivity contribution in [2.24, 2.45) is 5.10 Å². The lowest BCUT2D eigenvalue weighted by Crippen LogP contribution is -2.19. The molecule has 0 aliphatic heterocycles. The molecule has 0 unspecified atom stereocenters. The van der Waals surface area contributed by atoms with Gasteiger partial charge < -0.3 is 10.2 Å². The van der Waals surface area contributed by atoms with Crippen LogP contribution >= 0.6 is 47.8 Å². The fourth-order valence-electron chi connectivity index (χ4n) is 1.72. The van der Waals surface area contributed by atoms with Crippen molar-refractivity contribution in [1.82, 2.24) is 5.43 Å². The molecule has 120 valence electrons. The molecule has 3 N–H and O–H groups in total. The minimum atomic E-state index is -0.278. The zero-order chi connectivity index (χ0) is 17.0. The summed E-state index contributed by atoms with van der Waals surface area (Å²) < 4.78 is 1.48. The minimum Gasteiger partial charge on any atom is -0.506 e. The molecule has 0 spiro atoms. The maximum absolute atomic E-state index is 11.8. The van der Waals surface area contributed by atoms with Crippen molar-refractivity contribution in [2.45, 2.75) is 6.42 Å². The van der Waals surface area contributed by atoms with Gasteiger partial charge in [-0.2, -0.15) is 5.10 Å². The lowest BCUT2D eigenvalue weighted by Gasteiger charge is -2.06. The Bertz CT molecular complexity index is 762. The Morgan fingerprint density at radius 1 is 1.13 bits per heavy atom. The van der Waals surface area contributed by atoms with E-state index in [1.807, 2.05) is 24.3 Å². The standard InChI is InChI=1S/C15H11Br3N2O3/c16-10-3-1-8(2-4-10)5-12(21)20-19-7-9-6-11(17)15(23)13(18)14(9)22/h1-4,6-7,22-23H,5H2,(H,20,21). The maximum atomic E-state index is 11.8. The van der Waals surface area contributed by atoms with Gasteiger partial charge >= 0.3 is 0 Å². The quantitative estimate of drug-likeness (QED) is 0.432. The fraction of sp³-hybridized carbons (Fsp3) is 0.0667. The third-order valence-electron chi connectivity index (χ3n) is 2.87. The molecule has 0 fully saturated rings. The van der Waals surface area contributed by atoms with E-state index in [1.165, 1.54) is 12.3 Å². The summed E-state index contributed by atoms with van der Waals surface area (Å²) >= 11 is 9.56. The van der Waals surface area contributed by atoms with Gasteiger partial charge in [0.1, 0.15) is 16.0 Å². The van der Waals surface area contributed by atoms with Crippen LogP contribution in [0.2, 0.25) is 0 Å². The van der Waals surface area contributed by atoms with E-state index < -0.39 is 0 Å². The van der Waals surface area contributed by atoms with Gasteiger partial charge in [0.2, 0.25) is 5.91 Å². The number of amides is 1. The van der Waals surface area contributed by atoms with E-state index in [0.29, 0.717) is 10.0 Å². The molecule has 8 heteroatoms. The van der Waals surface area contributed by atoms with Gasteiger partial charge in [0.15, 0.2) is 0 Å². The molecule has 0 bridgehead atoms. The molecule has 2 rings (SSSR count). The third-order valence-corrected chi connectivity index (χ3v) is 4.75. The number of aromatic hydroxyl groups is 2. The normalized spacial score (nSPS) is 10.9. The number of carbonyl (C=O) groups excluding carboxylic acids is 1. The summed E-state index contributed by atoms with van der Waals surface area (Å²) in [4.78, 5) is 11.8. The Hall–Kier alpha value is -1.38. The van der Waals surface area contributed by atoms with E-state index in [1.54, 1.807) is 0 Å². The van der Waals surface area contributed by atoms with E-state index in [0.717, 1.165) is 10.0 Å². The molecule has 5 nitrogen and oxygen atoms in total. The number of rotatable bonds is 4. The van der Waals surface area contributed by atoms with Crippen molar-refractivity contribution < 1.29 is 15.0 Å². The van der Waals surface area contributed by atoms with Crippen molar-refractivity contribution in [3.8, 4) is 11.5 Å². The zero-order valence-electron chi connectivity index (χ0n) is 11.6. The summed E-state index contributed by atoms with van der Waals surface area (Å²) in [6, 6.07) is 8.88. The van der Waals surface area contributed by atoms with E-state index >= 15 is 0 Å². The van der Waals surface area contributed by atoms with Crippen LogP contribution in [-0.2, 0) is 11.2 Å². The molecule has 0 aliphatic rings. The predicted octanol–water partition coefficient (Wildman–Crippen LogP) is 4.08. The van der Waals surface area contributed by atoms with Gasteiger partial charge in [0.25, 0.3) is 0 Å². The Morgan fingerprint density at radius 2 is 1.78 bits per heavy atom. The van der Waals surface area contributed by atoms with Crippen LogP contribution < -0.4 is 5.43 Å². The number of benzene rings is 2. The van der Waals surface area contributed by atoms with Crippen molar-refractivity contribution >= 4 is 59.9 Å². The minimum absolute atomic E-state index is 0.112. The third kappa shape index (κ3) is 4.79. The second-order valence-corrected chi connectivity index (χ2v) is 7.12. The number of phenolic OH excluding ortho intramolecular Hbond substituents is 2. The molecule has 0 aromatic heterocycles. The van der Waals surface area contributed by atoms with Gasteiger partial charge in [0, 0.05) is 10.0 Å². The lowest BCUT2D eigenvalue weighted by molar-refractivity contribution is -0.120. The lowest BCUT2D eigenvalue weighted by atomic mass is 10.1. The molecule has 1 amide bonds. The summed E-state index contributed by atoms with van der Waals surface area (Å²) in [5.41, 5.74) is 3.59. The van der Waals surface area contributed by atoms with Crippen molar-refractivity contribution in [3.05, 3.63) is 54.9 Å². The Morgan fingerprint density at radius 3 is 2.43 bits per heavy atom. The number of hydrogen-bond acceptors (Lipinski definition) is 4. The van der Waals surface area contributed by atoms with Gasteiger partial charge in [-0.1, -0.05) is 28.1 Å². The second kappa shape index (κ2) is 7.94. The molecular weight excluding hydrogens is 496 g/mol. The summed E-state index contributed by atoms with van der Waals surface area (Å²) in [6.07, 6.45) is 1.49. The van der Waals surface area contributed by atoms with Gasteiger partial charge in [-0.3, -0.25) is 4.79 Å². The number of halogens is 3. The number of nitrogens with zero attached hydrogens (tertiary/aromatic N) is 1. The molecule has 0 atom stereocenters. The first-order chi connectivity index (χ1) is 10.9. The number of hydrogen-bond donors (Lipinski definition) is 3. The Kier molecular flexibility index (Phi) is 6.20. The smallest absolute Gasteiger partial charge is 0.244 e. The van der Waals surface area contributed by atoms with E-state index in [4.69, 9.17) is 0 Å². The summed E-state index contributed by atoms with van der Waals surface area (Å²) in [5, 5.41) is 23.3. The molecule has 23 heavy (non-hydrogen) atoms. The monoisotopic (exact) mass is 504 g/mol. The van der Waals surface area contributed by atoms with Gasteiger partial charge in [-0.15, -0.1) is 0 Å². The van der Waals surface area contributed by atoms with Crippen LogP contribution in [0.3, 0.4) is 0 Å². The summed E-state index contributed by atoms with van der Waals surface area (Å²) in [5.74, 6) is -0.560. The van der Waals surface area contributed by atoms with Crippen molar-refractivity contribution in [3.63, 3.8) is 0 Å². The highest BCUT2D eigenvalue weighted by atomic mass is 79.9. The SMILES string of the molecule is O=C(Cc1ccc(Br)cc1)NN=Cc1cc(Br)c(O)c(Br)c1O. The Labute approximate surface area is 157 Å². The highest BCUT2D eigenvalue weighted by Gasteiger charge is 2.12. The van der Waals surface area contributed by atoms with Crippen LogP contribution in [0.5, 0.6) is 11.5 Å². The van der Waals surface area contributed by atoms with Gasteiger partial charge in [-0.05, 0) is 55.6 Å². The largest absolute Gasteiger partial charge is 0.506 e. The molecular formula is C15H11Br3N2O3. The number of carbonyl (C=O) groups is 1. The van der Waals surface area contributed by atoms with E-state index in [2.05, 4.69) is 58.3 Å². The van der Waals surface area contributed by atoms with Crippen LogP contribution in [0.25, 0.3) is 0 Å². The maximum Gasteiger partial charge on any atom is 0.244 e. The molecule has 2 aromatic rings. The van der Waals surface area contributed by atoms with E-state index in [-0.39, 0.29) is 28.3 Å². The molecule has 0 saturated heterocycles. The first-order valence-electron chi connectivity index (χ1n) is 6.34. The van der Waals surface area contributed by atoms with Crippen LogP contribution in [0.1, 0.15) is 11.1 Å². The number of phenols is 2. The first kappa shape index (κ1) is 18.0. The van der Waals surface area contributed by atoms with Crippen LogP contribution in [-0.4, -0.2) is 22.3 Å². The topological polar surface area (TPSA) is 81.9 Å². The zero-order valence-corrected chi connectivity index (χ0v) is 16.3. The highest BCUT2D eigenvalue weighted by molar-refractivity contribution is 9.11. The highest BCUT2D eigenvalue weighted by Crippen LogP contribution is 2.40. The number of hydrazone groups is 1. The van der Waals surface area contributed by atoms with Crippen LogP contribution in [0.15, 0.2) is 48.9 Å². The first-order valence-corrected chi connectivity index (χ1v) is 8.72. The second-order valence-electron chi connectivity index (χ2n) is 4.56. The van der Waals surface area contributed by atoms with Crippen molar-refractivity contribution in [2.75, 3.05) is 0 Å². The fourth-order valence-corrected chi connectivity index (χ4v) is 3.13. The molecule has 0 radical (unpaired) electrons. The molecule has 0 aliphatic carbocycles. The summed E-state index contributed by atoms with van der Waals surface area (Å²) in [7, 11) is 0. The van der Waals surface area contributed by atoms with Gasteiger partial charge in [0.05, 0.1) is 17.1 Å². The predicted molar refractivity (Wildman–Crippen MR) is 98.8 cm³/mol. The molecule has 0 heterocycles.